The summed E-state index contributed by atoms with van der Waals surface area (Å²) in [6.07, 6.45) is -9.83. The molecule has 0 saturated heterocycles. The number of hydrogen-bond acceptors (Lipinski definition) is 2. The molecule has 2 aromatic rings. The van der Waals surface area contributed by atoms with Gasteiger partial charge in [-0.25, -0.2) is 0 Å². The summed E-state index contributed by atoms with van der Waals surface area (Å²) in [5, 5.41) is 0. The van der Waals surface area contributed by atoms with E-state index < -0.39 is 23.5 Å². The Balaban J connectivity index is 2.74. The zero-order valence-electron chi connectivity index (χ0n) is 12.5. The lowest BCUT2D eigenvalue weighted by atomic mass is 9.98. The van der Waals surface area contributed by atoms with Crippen LogP contribution in [-0.4, -0.2) is 14.2 Å². The normalized spacial score (nSPS) is 12.2. The summed E-state index contributed by atoms with van der Waals surface area (Å²) in [5.41, 5.74) is -2.99. The maximum atomic E-state index is 13.0. The van der Waals surface area contributed by atoms with E-state index in [1.807, 2.05) is 0 Å². The smallest absolute Gasteiger partial charge is 0.416 e. The third-order valence-corrected chi connectivity index (χ3v) is 3.31. The second kappa shape index (κ2) is 6.26. The molecular weight excluding hydrogens is 338 g/mol. The molecule has 0 aliphatic carbocycles. The molecule has 0 saturated carbocycles. The summed E-state index contributed by atoms with van der Waals surface area (Å²) in [5.74, 6) is 0.403. The molecule has 0 spiro atoms. The van der Waals surface area contributed by atoms with Crippen molar-refractivity contribution in [2.24, 2.45) is 0 Å². The van der Waals surface area contributed by atoms with Crippen LogP contribution in [0.4, 0.5) is 26.3 Å². The molecule has 0 radical (unpaired) electrons. The van der Waals surface area contributed by atoms with Crippen molar-refractivity contribution in [1.29, 1.82) is 0 Å². The van der Waals surface area contributed by atoms with E-state index >= 15 is 0 Å². The fraction of sp³-hybridized carbons (Fsp3) is 0.250. The number of alkyl halides is 6. The maximum Gasteiger partial charge on any atom is 0.416 e. The Morgan fingerprint density at radius 1 is 0.708 bits per heavy atom. The molecule has 2 aromatic carbocycles. The lowest BCUT2D eigenvalue weighted by Gasteiger charge is -2.16. The van der Waals surface area contributed by atoms with Crippen molar-refractivity contribution in [2.75, 3.05) is 14.2 Å². The van der Waals surface area contributed by atoms with Crippen LogP contribution in [0.15, 0.2) is 36.4 Å². The van der Waals surface area contributed by atoms with E-state index in [9.17, 15) is 26.3 Å². The molecule has 0 aliphatic heterocycles. The average molecular weight is 350 g/mol. The van der Waals surface area contributed by atoms with Crippen LogP contribution in [0.25, 0.3) is 11.1 Å². The van der Waals surface area contributed by atoms with Gasteiger partial charge in [0.15, 0.2) is 0 Å². The molecular formula is C16H12F6O2. The molecule has 24 heavy (non-hydrogen) atoms. The van der Waals surface area contributed by atoms with E-state index in [0.717, 1.165) is 0 Å². The SMILES string of the molecule is COc1ccc(OC)c(-c2cc(C(F)(F)F)cc(C(F)(F)F)c2)c1. The van der Waals surface area contributed by atoms with Crippen molar-refractivity contribution < 1.29 is 35.8 Å². The van der Waals surface area contributed by atoms with Gasteiger partial charge in [0.2, 0.25) is 0 Å². The van der Waals surface area contributed by atoms with Crippen molar-refractivity contribution in [3.05, 3.63) is 47.5 Å². The van der Waals surface area contributed by atoms with Gasteiger partial charge >= 0.3 is 12.4 Å². The Hall–Kier alpha value is -2.38. The minimum atomic E-state index is -4.91. The number of hydrogen-bond donors (Lipinski definition) is 0. The highest BCUT2D eigenvalue weighted by Gasteiger charge is 2.37. The van der Waals surface area contributed by atoms with Gasteiger partial charge in [-0.05, 0) is 42.0 Å². The Morgan fingerprint density at radius 3 is 1.67 bits per heavy atom. The molecule has 0 aromatic heterocycles. The molecule has 130 valence electrons. The van der Waals surface area contributed by atoms with E-state index in [1.54, 1.807) is 0 Å². The summed E-state index contributed by atoms with van der Waals surface area (Å²) < 4.78 is 87.7. The van der Waals surface area contributed by atoms with Crippen molar-refractivity contribution in [3.63, 3.8) is 0 Å². The maximum absolute atomic E-state index is 13.0. The molecule has 0 atom stereocenters. The van der Waals surface area contributed by atoms with E-state index in [2.05, 4.69) is 0 Å². The Labute approximate surface area is 133 Å². The van der Waals surface area contributed by atoms with Crippen molar-refractivity contribution in [1.82, 2.24) is 0 Å². The third-order valence-electron chi connectivity index (χ3n) is 3.31. The monoisotopic (exact) mass is 350 g/mol. The summed E-state index contributed by atoms with van der Waals surface area (Å²) in [6.45, 7) is 0. The number of halogens is 6. The molecule has 0 unspecified atom stereocenters. The van der Waals surface area contributed by atoms with E-state index in [0.29, 0.717) is 12.1 Å². The lowest BCUT2D eigenvalue weighted by Crippen LogP contribution is -2.11. The van der Waals surface area contributed by atoms with Crippen LogP contribution in [-0.2, 0) is 12.4 Å². The highest BCUT2D eigenvalue weighted by Crippen LogP contribution is 2.41. The molecule has 0 amide bonds. The first-order valence-electron chi connectivity index (χ1n) is 6.58. The van der Waals surface area contributed by atoms with E-state index in [-0.39, 0.29) is 28.7 Å². The van der Waals surface area contributed by atoms with Gasteiger partial charge in [-0.2, -0.15) is 26.3 Å². The number of methoxy groups -OCH3 is 2. The molecule has 2 nitrogen and oxygen atoms in total. The minimum Gasteiger partial charge on any atom is -0.497 e. The highest BCUT2D eigenvalue weighted by atomic mass is 19.4. The summed E-state index contributed by atoms with van der Waals surface area (Å²) in [7, 11) is 2.60. The first kappa shape index (κ1) is 18.0. The van der Waals surface area contributed by atoms with Crippen LogP contribution in [0.1, 0.15) is 11.1 Å². The topological polar surface area (TPSA) is 18.5 Å². The molecule has 0 heterocycles. The minimum absolute atomic E-state index is 0.0634. The Morgan fingerprint density at radius 2 is 1.25 bits per heavy atom. The number of rotatable bonds is 3. The third kappa shape index (κ3) is 3.74. The van der Waals surface area contributed by atoms with Crippen LogP contribution in [0, 0.1) is 0 Å². The van der Waals surface area contributed by atoms with Gasteiger partial charge in [-0.1, -0.05) is 0 Å². The molecule has 0 bridgehead atoms. The van der Waals surface area contributed by atoms with Crippen LogP contribution in [0.5, 0.6) is 11.5 Å². The number of benzene rings is 2. The quantitative estimate of drug-likeness (QED) is 0.689. The predicted octanol–water partition coefficient (Wildman–Crippen LogP) is 5.41. The van der Waals surface area contributed by atoms with Gasteiger partial charge in [-0.3, -0.25) is 0 Å². The summed E-state index contributed by atoms with van der Waals surface area (Å²) >= 11 is 0. The Kier molecular flexibility index (Phi) is 4.68. The first-order valence-corrected chi connectivity index (χ1v) is 6.58. The summed E-state index contributed by atoms with van der Waals surface area (Å²) in [6, 6.07) is 5.58. The van der Waals surface area contributed by atoms with Crippen molar-refractivity contribution >= 4 is 0 Å². The largest absolute Gasteiger partial charge is 0.497 e. The highest BCUT2D eigenvalue weighted by molar-refractivity contribution is 5.73. The first-order chi connectivity index (χ1) is 11.1. The van der Waals surface area contributed by atoms with Crippen LogP contribution in [0.2, 0.25) is 0 Å². The van der Waals surface area contributed by atoms with Crippen molar-refractivity contribution in [3.8, 4) is 22.6 Å². The van der Waals surface area contributed by atoms with Gasteiger partial charge < -0.3 is 9.47 Å². The lowest BCUT2D eigenvalue weighted by molar-refractivity contribution is -0.143. The second-order valence-corrected chi connectivity index (χ2v) is 4.86. The molecule has 0 N–H and O–H groups in total. The fourth-order valence-corrected chi connectivity index (χ4v) is 2.15. The van der Waals surface area contributed by atoms with Crippen molar-refractivity contribution in [2.45, 2.75) is 12.4 Å². The van der Waals surface area contributed by atoms with Gasteiger partial charge in [0.05, 0.1) is 25.3 Å². The zero-order chi connectivity index (χ0) is 18.1. The second-order valence-electron chi connectivity index (χ2n) is 4.86. The van der Waals surface area contributed by atoms with Gasteiger partial charge in [-0.15, -0.1) is 0 Å². The van der Waals surface area contributed by atoms with Gasteiger partial charge in [0.25, 0.3) is 0 Å². The fourth-order valence-electron chi connectivity index (χ4n) is 2.15. The van der Waals surface area contributed by atoms with E-state index in [1.165, 1.54) is 32.4 Å². The molecule has 0 fully saturated rings. The Bertz CT molecular complexity index is 702. The van der Waals surface area contributed by atoms with Gasteiger partial charge in [0, 0.05) is 5.56 Å². The average Bonchev–Trinajstić information content (AvgIpc) is 2.52. The molecule has 2 rings (SSSR count). The molecule has 0 aliphatic rings. The van der Waals surface area contributed by atoms with E-state index in [4.69, 9.17) is 9.47 Å². The predicted molar refractivity (Wildman–Crippen MR) is 75.0 cm³/mol. The zero-order valence-corrected chi connectivity index (χ0v) is 12.5. The van der Waals surface area contributed by atoms with Gasteiger partial charge in [0.1, 0.15) is 11.5 Å². The summed E-state index contributed by atoms with van der Waals surface area (Å²) in [4.78, 5) is 0. The van der Waals surface area contributed by atoms with Crippen LogP contribution < -0.4 is 9.47 Å². The standard InChI is InChI=1S/C16H12F6O2/c1-23-12-3-4-14(24-2)13(8-12)9-5-10(15(17,18)19)7-11(6-9)16(20,21)22/h3-8H,1-2H3. The number of ether oxygens (including phenoxy) is 2. The molecule has 8 heteroatoms. The van der Waals surface area contributed by atoms with Crippen LogP contribution >= 0.6 is 0 Å². The van der Waals surface area contributed by atoms with Crippen LogP contribution in [0.3, 0.4) is 0 Å².